The van der Waals surface area contributed by atoms with Gasteiger partial charge in [-0.25, -0.2) is 0 Å². The van der Waals surface area contributed by atoms with E-state index < -0.39 is 52.6 Å². The molecule has 5 unspecified atom stereocenters. The van der Waals surface area contributed by atoms with Gasteiger partial charge in [-0.1, -0.05) is 69.4 Å². The molecule has 1 aromatic rings. The van der Waals surface area contributed by atoms with Crippen molar-refractivity contribution < 1.29 is 26.3 Å². The van der Waals surface area contributed by atoms with Gasteiger partial charge in [0.2, 0.25) is 0 Å². The standard InChI is InChI=1S/C37H24F6N4/c1-18-12-23(36(38,39)40)5-8-25(18)30-29(22(16-46)17-47)31(26-9-6-24(13-19(26)2)37(41,42)43)34-32(30)27-7-4-20(14-44)28-21(15-45)10-11-35(34,3)33(27)28/h4-10,12-13,18-19,25-26H,11H2,1-3H3. The number of benzene rings is 1. The van der Waals surface area contributed by atoms with Crippen LogP contribution in [-0.2, 0) is 5.41 Å². The zero-order valence-electron chi connectivity index (χ0n) is 25.3. The van der Waals surface area contributed by atoms with Crippen molar-refractivity contribution >= 4 is 11.1 Å². The van der Waals surface area contributed by atoms with Gasteiger partial charge < -0.3 is 0 Å². The van der Waals surface area contributed by atoms with Crippen LogP contribution < -0.4 is 0 Å². The van der Waals surface area contributed by atoms with E-state index in [4.69, 9.17) is 0 Å². The highest BCUT2D eigenvalue weighted by Crippen LogP contribution is 2.66. The van der Waals surface area contributed by atoms with E-state index in [1.165, 1.54) is 12.2 Å². The van der Waals surface area contributed by atoms with E-state index in [1.807, 2.05) is 19.1 Å². The molecule has 0 saturated carbocycles. The molecule has 5 aliphatic carbocycles. The second-order valence-corrected chi connectivity index (χ2v) is 12.6. The summed E-state index contributed by atoms with van der Waals surface area (Å²) >= 11 is 0. The van der Waals surface area contributed by atoms with E-state index in [0.29, 0.717) is 39.0 Å². The molecule has 0 heterocycles. The molecule has 0 N–H and O–H groups in total. The normalized spacial score (nSPS) is 27.6. The minimum absolute atomic E-state index is 0.212. The van der Waals surface area contributed by atoms with Crippen molar-refractivity contribution in [2.24, 2.45) is 23.7 Å². The summed E-state index contributed by atoms with van der Waals surface area (Å²) in [6.07, 6.45) is -0.263. The number of allylic oxidation sites excluding steroid dienone is 16. The Morgan fingerprint density at radius 1 is 0.809 bits per heavy atom. The molecule has 0 aromatic heterocycles. The highest BCUT2D eigenvalue weighted by atomic mass is 19.4. The highest BCUT2D eigenvalue weighted by molar-refractivity contribution is 6.04. The Balaban J connectivity index is 1.73. The van der Waals surface area contributed by atoms with Gasteiger partial charge in [-0.2, -0.15) is 47.4 Å². The largest absolute Gasteiger partial charge is 0.416 e. The molecule has 0 saturated heterocycles. The molecule has 5 atom stereocenters. The molecule has 5 aliphatic rings. The summed E-state index contributed by atoms with van der Waals surface area (Å²) < 4.78 is 82.6. The lowest BCUT2D eigenvalue weighted by atomic mass is 9.66. The summed E-state index contributed by atoms with van der Waals surface area (Å²) in [5.41, 5.74) is 1.65. The van der Waals surface area contributed by atoms with Crippen molar-refractivity contribution in [3.05, 3.63) is 116 Å². The fraction of sp³-hybridized carbons (Fsp3) is 0.297. The number of hydrogen-bond acceptors (Lipinski definition) is 4. The van der Waals surface area contributed by atoms with Crippen molar-refractivity contribution in [1.82, 2.24) is 0 Å². The second kappa shape index (κ2) is 10.6. The van der Waals surface area contributed by atoms with Crippen molar-refractivity contribution in [1.29, 1.82) is 21.0 Å². The number of nitrogens with zero attached hydrogens (tertiary/aromatic N) is 4. The molecule has 10 heteroatoms. The van der Waals surface area contributed by atoms with Gasteiger partial charge in [0.05, 0.1) is 34.4 Å². The molecular weight excluding hydrogens is 614 g/mol. The first-order chi connectivity index (χ1) is 22.1. The number of nitriles is 4. The first-order valence-electron chi connectivity index (χ1n) is 14.8. The predicted molar refractivity (Wildman–Crippen MR) is 161 cm³/mol. The minimum Gasteiger partial charge on any atom is -0.192 e. The van der Waals surface area contributed by atoms with E-state index in [0.717, 1.165) is 24.3 Å². The zero-order chi connectivity index (χ0) is 34.2. The Kier molecular flexibility index (Phi) is 7.15. The summed E-state index contributed by atoms with van der Waals surface area (Å²) in [6, 6.07) is 11.5. The lowest BCUT2D eigenvalue weighted by Gasteiger charge is -2.36. The smallest absolute Gasteiger partial charge is 0.192 e. The molecular formula is C37H24F6N4. The predicted octanol–water partition coefficient (Wildman–Crippen LogP) is 9.17. The number of hydrogen-bond donors (Lipinski definition) is 0. The van der Waals surface area contributed by atoms with Crippen molar-refractivity contribution in [2.75, 3.05) is 0 Å². The van der Waals surface area contributed by atoms with Crippen LogP contribution in [0.15, 0.2) is 93.7 Å². The quantitative estimate of drug-likeness (QED) is 0.238. The number of halogens is 6. The maximum absolute atomic E-state index is 13.8. The third-order valence-electron chi connectivity index (χ3n) is 9.91. The average Bonchev–Trinajstić information content (AvgIpc) is 3.48. The van der Waals surface area contributed by atoms with Crippen LogP contribution in [0.2, 0.25) is 0 Å². The number of alkyl halides is 6. The summed E-state index contributed by atoms with van der Waals surface area (Å²) in [6.45, 7) is 5.12. The minimum atomic E-state index is -4.61. The first kappa shape index (κ1) is 31.7. The SMILES string of the molecule is CC1C=C(C(F)(F)F)C=CC1C1=C2C(=C(C3C=CC(C(F)(F)F)=CC3C)C1=C(C#N)C#N)C1(C)CC=C(C#N)c3c(C#N)ccc2c31. The van der Waals surface area contributed by atoms with Crippen LogP contribution in [0.3, 0.4) is 0 Å². The fourth-order valence-electron chi connectivity index (χ4n) is 7.93. The molecule has 0 bridgehead atoms. The number of fused-ring (bicyclic) bond motifs is 3. The van der Waals surface area contributed by atoms with Crippen molar-refractivity contribution in [3.8, 4) is 24.3 Å². The molecule has 0 amide bonds. The summed E-state index contributed by atoms with van der Waals surface area (Å²) in [5, 5.41) is 40.6. The lowest BCUT2D eigenvalue weighted by Crippen LogP contribution is -2.28. The monoisotopic (exact) mass is 638 g/mol. The molecule has 4 nitrogen and oxygen atoms in total. The van der Waals surface area contributed by atoms with E-state index in [9.17, 15) is 47.4 Å². The van der Waals surface area contributed by atoms with E-state index in [-0.39, 0.29) is 28.7 Å². The molecule has 0 fully saturated rings. The second-order valence-electron chi connectivity index (χ2n) is 12.6. The fourth-order valence-corrected chi connectivity index (χ4v) is 7.93. The average molecular weight is 639 g/mol. The van der Waals surface area contributed by atoms with Gasteiger partial charge in [0.25, 0.3) is 0 Å². The Labute approximate surface area is 267 Å². The zero-order valence-corrected chi connectivity index (χ0v) is 25.3. The van der Waals surface area contributed by atoms with Gasteiger partial charge in [-0.15, -0.1) is 0 Å². The van der Waals surface area contributed by atoms with Crippen LogP contribution in [0.25, 0.3) is 11.1 Å². The van der Waals surface area contributed by atoms with Crippen molar-refractivity contribution in [2.45, 2.75) is 45.0 Å². The maximum atomic E-state index is 13.8. The lowest BCUT2D eigenvalue weighted by molar-refractivity contribution is -0.0898. The molecule has 6 rings (SSSR count). The molecule has 0 spiro atoms. The van der Waals surface area contributed by atoms with Gasteiger partial charge in [0.1, 0.15) is 17.7 Å². The third kappa shape index (κ3) is 4.55. The van der Waals surface area contributed by atoms with Crippen molar-refractivity contribution in [3.63, 3.8) is 0 Å². The van der Waals surface area contributed by atoms with Crippen LogP contribution in [0, 0.1) is 69.0 Å². The third-order valence-corrected chi connectivity index (χ3v) is 9.91. The van der Waals surface area contributed by atoms with Crippen LogP contribution in [0.5, 0.6) is 0 Å². The Morgan fingerprint density at radius 3 is 1.83 bits per heavy atom. The molecule has 0 radical (unpaired) electrons. The summed E-state index contributed by atoms with van der Waals surface area (Å²) in [7, 11) is 0. The molecule has 0 aliphatic heterocycles. The maximum Gasteiger partial charge on any atom is 0.416 e. The molecule has 47 heavy (non-hydrogen) atoms. The first-order valence-corrected chi connectivity index (χ1v) is 14.8. The topological polar surface area (TPSA) is 95.2 Å². The summed E-state index contributed by atoms with van der Waals surface area (Å²) in [4.78, 5) is 0. The Morgan fingerprint density at radius 2 is 1.36 bits per heavy atom. The van der Waals surface area contributed by atoms with E-state index >= 15 is 0 Å². The molecule has 1 aromatic carbocycles. The molecule has 234 valence electrons. The Bertz CT molecular complexity index is 2070. The highest BCUT2D eigenvalue weighted by Gasteiger charge is 2.54. The van der Waals surface area contributed by atoms with Gasteiger partial charge in [-0.05, 0) is 57.7 Å². The van der Waals surface area contributed by atoms with Crippen LogP contribution in [0.4, 0.5) is 26.3 Å². The number of rotatable bonds is 2. The van der Waals surface area contributed by atoms with E-state index in [2.05, 4.69) is 12.1 Å². The van der Waals surface area contributed by atoms with Crippen LogP contribution in [-0.4, -0.2) is 12.4 Å². The van der Waals surface area contributed by atoms with Gasteiger partial charge >= 0.3 is 12.4 Å². The van der Waals surface area contributed by atoms with Crippen LogP contribution in [0.1, 0.15) is 49.4 Å². The van der Waals surface area contributed by atoms with Gasteiger partial charge in [0.15, 0.2) is 0 Å². The Hall–Kier alpha value is -5.32. The van der Waals surface area contributed by atoms with E-state index in [1.54, 1.807) is 32.1 Å². The van der Waals surface area contributed by atoms with Gasteiger partial charge in [0, 0.05) is 28.4 Å². The summed E-state index contributed by atoms with van der Waals surface area (Å²) in [5.74, 6) is -3.00. The van der Waals surface area contributed by atoms with Gasteiger partial charge in [-0.3, -0.25) is 0 Å². The van der Waals surface area contributed by atoms with Crippen LogP contribution >= 0.6 is 0 Å².